The Labute approximate surface area is 243 Å². The van der Waals surface area contributed by atoms with Crippen molar-refractivity contribution >= 4 is 0 Å². The SMILES string of the molecule is c1cncc(-c2cccc(-c3nnnc(-c4cccc(-c5cccnc5)c4)c3-c3cccc(-c4cccnc4)c3)c2)c1. The van der Waals surface area contributed by atoms with E-state index in [1.807, 2.05) is 48.9 Å². The summed E-state index contributed by atoms with van der Waals surface area (Å²) in [5.74, 6) is 0. The molecule has 42 heavy (non-hydrogen) atoms. The van der Waals surface area contributed by atoms with Gasteiger partial charge in [-0.15, -0.1) is 10.2 Å². The van der Waals surface area contributed by atoms with Gasteiger partial charge in [0.1, 0.15) is 11.4 Å². The van der Waals surface area contributed by atoms with Crippen LogP contribution in [0.1, 0.15) is 0 Å². The lowest BCUT2D eigenvalue weighted by Gasteiger charge is -2.15. The zero-order valence-corrected chi connectivity index (χ0v) is 22.5. The maximum atomic E-state index is 4.63. The van der Waals surface area contributed by atoms with Gasteiger partial charge in [-0.25, -0.2) is 0 Å². The second-order valence-corrected chi connectivity index (χ2v) is 9.83. The van der Waals surface area contributed by atoms with Crippen LogP contribution < -0.4 is 0 Å². The second kappa shape index (κ2) is 11.3. The molecule has 0 saturated carbocycles. The molecule has 3 aromatic carbocycles. The summed E-state index contributed by atoms with van der Waals surface area (Å²) in [5.41, 5.74) is 11.5. The molecule has 0 aliphatic rings. The highest BCUT2D eigenvalue weighted by atomic mass is 15.3. The number of pyridine rings is 3. The Kier molecular flexibility index (Phi) is 6.76. The van der Waals surface area contributed by atoms with Crippen LogP contribution in [0.5, 0.6) is 0 Å². The molecule has 4 heterocycles. The lowest BCUT2D eigenvalue weighted by atomic mass is 9.91. The van der Waals surface area contributed by atoms with Crippen molar-refractivity contribution in [3.05, 3.63) is 146 Å². The number of benzene rings is 3. The van der Waals surface area contributed by atoms with Crippen molar-refractivity contribution < 1.29 is 0 Å². The van der Waals surface area contributed by atoms with E-state index in [1.165, 1.54) is 0 Å². The standard InChI is InChI=1S/C36H24N6/c1-7-25(31-13-4-16-37-22-31)19-28(10-1)34-35(29-11-2-8-26(20-29)32-14-5-17-38-23-32)40-42-41-36(34)30-12-3-9-27(21-30)33-15-6-18-39-24-33/h1-24H. The summed E-state index contributed by atoms with van der Waals surface area (Å²) in [6.07, 6.45) is 10.9. The van der Waals surface area contributed by atoms with Crippen molar-refractivity contribution in [2.75, 3.05) is 0 Å². The number of hydrogen-bond donors (Lipinski definition) is 0. The zero-order chi connectivity index (χ0) is 28.1. The quantitative estimate of drug-likeness (QED) is 0.212. The van der Waals surface area contributed by atoms with Gasteiger partial charge in [0, 0.05) is 70.6 Å². The van der Waals surface area contributed by atoms with E-state index in [1.54, 1.807) is 18.6 Å². The van der Waals surface area contributed by atoms with Crippen LogP contribution in [0.15, 0.2) is 146 Å². The second-order valence-electron chi connectivity index (χ2n) is 9.83. The van der Waals surface area contributed by atoms with Crippen LogP contribution in [0.25, 0.3) is 67.0 Å². The van der Waals surface area contributed by atoms with E-state index in [-0.39, 0.29) is 0 Å². The van der Waals surface area contributed by atoms with Gasteiger partial charge >= 0.3 is 0 Å². The van der Waals surface area contributed by atoms with Crippen molar-refractivity contribution in [2.45, 2.75) is 0 Å². The molecule has 0 fully saturated rings. The molecular formula is C36H24N6. The molecule has 4 aromatic heterocycles. The van der Waals surface area contributed by atoms with Crippen LogP contribution in [0.4, 0.5) is 0 Å². The fourth-order valence-electron chi connectivity index (χ4n) is 5.15. The molecule has 6 heteroatoms. The molecule has 7 aromatic rings. The van der Waals surface area contributed by atoms with Gasteiger partial charge in [-0.1, -0.05) is 72.8 Å². The van der Waals surface area contributed by atoms with E-state index < -0.39 is 0 Å². The maximum absolute atomic E-state index is 4.63. The van der Waals surface area contributed by atoms with Gasteiger partial charge in [0.25, 0.3) is 0 Å². The number of aromatic nitrogens is 6. The van der Waals surface area contributed by atoms with E-state index >= 15 is 0 Å². The number of rotatable bonds is 6. The lowest BCUT2D eigenvalue weighted by Crippen LogP contribution is -2.00. The molecule has 0 atom stereocenters. The molecular weight excluding hydrogens is 516 g/mol. The molecule has 0 aliphatic carbocycles. The van der Waals surface area contributed by atoms with Crippen LogP contribution in [0.2, 0.25) is 0 Å². The highest BCUT2D eigenvalue weighted by Crippen LogP contribution is 2.40. The third-order valence-corrected chi connectivity index (χ3v) is 7.17. The predicted molar refractivity (Wildman–Crippen MR) is 166 cm³/mol. The number of hydrogen-bond acceptors (Lipinski definition) is 6. The van der Waals surface area contributed by atoms with Gasteiger partial charge in [0.15, 0.2) is 0 Å². The highest BCUT2D eigenvalue weighted by molar-refractivity contribution is 5.93. The van der Waals surface area contributed by atoms with E-state index in [4.69, 9.17) is 0 Å². The lowest BCUT2D eigenvalue weighted by molar-refractivity contribution is 0.879. The van der Waals surface area contributed by atoms with Crippen molar-refractivity contribution in [3.8, 4) is 67.0 Å². The summed E-state index contributed by atoms with van der Waals surface area (Å²) in [6.45, 7) is 0. The zero-order valence-electron chi connectivity index (χ0n) is 22.5. The van der Waals surface area contributed by atoms with E-state index in [0.29, 0.717) is 0 Å². The molecule has 0 unspecified atom stereocenters. The van der Waals surface area contributed by atoms with E-state index in [9.17, 15) is 0 Å². The molecule has 0 bridgehead atoms. The first-order valence-corrected chi connectivity index (χ1v) is 13.6. The van der Waals surface area contributed by atoms with Gasteiger partial charge in [-0.2, -0.15) is 0 Å². The third-order valence-electron chi connectivity index (χ3n) is 7.17. The van der Waals surface area contributed by atoms with Gasteiger partial charge in [0.05, 0.1) is 0 Å². The van der Waals surface area contributed by atoms with Crippen LogP contribution in [-0.4, -0.2) is 30.4 Å². The Hall–Kier alpha value is -5.88. The number of nitrogens with zero attached hydrogens (tertiary/aromatic N) is 6. The minimum atomic E-state index is 0.751. The summed E-state index contributed by atoms with van der Waals surface area (Å²) >= 11 is 0. The Bertz CT molecular complexity index is 1880. The Morgan fingerprint density at radius 1 is 0.333 bits per heavy atom. The van der Waals surface area contributed by atoms with Gasteiger partial charge in [-0.3, -0.25) is 15.0 Å². The topological polar surface area (TPSA) is 77.3 Å². The minimum absolute atomic E-state index is 0.751. The first-order valence-electron chi connectivity index (χ1n) is 13.6. The van der Waals surface area contributed by atoms with Gasteiger partial charge < -0.3 is 0 Å². The predicted octanol–water partition coefficient (Wildman–Crippen LogP) is 8.06. The minimum Gasteiger partial charge on any atom is -0.264 e. The van der Waals surface area contributed by atoms with Crippen molar-refractivity contribution in [3.63, 3.8) is 0 Å². The molecule has 0 N–H and O–H groups in total. The first-order chi connectivity index (χ1) is 20.8. The van der Waals surface area contributed by atoms with Crippen molar-refractivity contribution in [1.82, 2.24) is 30.4 Å². The first kappa shape index (κ1) is 25.1. The van der Waals surface area contributed by atoms with Gasteiger partial charge in [-0.05, 0) is 63.9 Å². The summed E-state index contributed by atoms with van der Waals surface area (Å²) in [5, 5.41) is 13.5. The third kappa shape index (κ3) is 5.05. The van der Waals surface area contributed by atoms with Crippen LogP contribution in [0.3, 0.4) is 0 Å². The van der Waals surface area contributed by atoms with Crippen LogP contribution in [0, 0.1) is 0 Å². The molecule has 198 valence electrons. The summed E-state index contributed by atoms with van der Waals surface area (Å²) < 4.78 is 0. The molecule has 0 radical (unpaired) electrons. The highest BCUT2D eigenvalue weighted by Gasteiger charge is 2.19. The molecule has 0 saturated heterocycles. The normalized spacial score (nSPS) is 10.9. The monoisotopic (exact) mass is 540 g/mol. The Balaban J connectivity index is 1.44. The van der Waals surface area contributed by atoms with Crippen molar-refractivity contribution in [1.29, 1.82) is 0 Å². The fourth-order valence-corrected chi connectivity index (χ4v) is 5.15. The summed E-state index contributed by atoms with van der Waals surface area (Å²) in [4.78, 5) is 12.9. The summed E-state index contributed by atoms with van der Waals surface area (Å²) in [6, 6.07) is 37.0. The molecule has 0 amide bonds. The molecule has 7 rings (SSSR count). The fraction of sp³-hybridized carbons (Fsp3) is 0. The largest absolute Gasteiger partial charge is 0.264 e. The van der Waals surface area contributed by atoms with E-state index in [0.717, 1.165) is 67.0 Å². The molecule has 6 nitrogen and oxygen atoms in total. The van der Waals surface area contributed by atoms with E-state index in [2.05, 4.69) is 109 Å². The van der Waals surface area contributed by atoms with Crippen LogP contribution >= 0.6 is 0 Å². The molecule has 0 aliphatic heterocycles. The maximum Gasteiger partial charge on any atom is 0.105 e. The average Bonchev–Trinajstić information content (AvgIpc) is 3.09. The van der Waals surface area contributed by atoms with Crippen molar-refractivity contribution in [2.24, 2.45) is 0 Å². The summed E-state index contributed by atoms with van der Waals surface area (Å²) in [7, 11) is 0. The average molecular weight is 541 g/mol. The smallest absolute Gasteiger partial charge is 0.105 e. The van der Waals surface area contributed by atoms with Gasteiger partial charge in [0.2, 0.25) is 0 Å². The Morgan fingerprint density at radius 3 is 1.10 bits per heavy atom. The Morgan fingerprint density at radius 2 is 0.690 bits per heavy atom. The van der Waals surface area contributed by atoms with Crippen LogP contribution in [-0.2, 0) is 0 Å². The molecule has 0 spiro atoms.